The Morgan fingerprint density at radius 3 is 1.80 bits per heavy atom. The summed E-state index contributed by atoms with van der Waals surface area (Å²) in [4.78, 5) is 0. The first kappa shape index (κ1) is 19.9. The first-order valence-corrected chi connectivity index (χ1v) is 9.22. The highest BCUT2D eigenvalue weighted by Gasteiger charge is 1.99. The number of nitrogens with one attached hydrogen (secondary N) is 1. The molecule has 0 heterocycles. The SMILES string of the molecule is CCCC(C)CNCCCCCCCCCCCCN. The molecule has 1 atom stereocenters. The van der Waals surface area contributed by atoms with Crippen LogP contribution >= 0.6 is 0 Å². The molecule has 2 nitrogen and oxygen atoms in total. The normalized spacial score (nSPS) is 12.8. The number of hydrogen-bond donors (Lipinski definition) is 2. The van der Waals surface area contributed by atoms with Crippen LogP contribution in [0.25, 0.3) is 0 Å². The monoisotopic (exact) mass is 284 g/mol. The maximum Gasteiger partial charge on any atom is -0.00232 e. The molecular weight excluding hydrogens is 244 g/mol. The summed E-state index contributed by atoms with van der Waals surface area (Å²) >= 11 is 0. The molecule has 0 bridgehead atoms. The second-order valence-corrected chi connectivity index (χ2v) is 6.42. The third-order valence-corrected chi connectivity index (χ3v) is 4.08. The average Bonchev–Trinajstić information content (AvgIpc) is 2.44. The van der Waals surface area contributed by atoms with Crippen LogP contribution in [-0.2, 0) is 0 Å². The van der Waals surface area contributed by atoms with Crippen molar-refractivity contribution in [3.05, 3.63) is 0 Å². The summed E-state index contributed by atoms with van der Waals surface area (Å²) in [7, 11) is 0. The first-order chi connectivity index (χ1) is 9.81. The Morgan fingerprint density at radius 1 is 0.800 bits per heavy atom. The fourth-order valence-electron chi connectivity index (χ4n) is 2.75. The molecule has 0 rings (SSSR count). The van der Waals surface area contributed by atoms with Gasteiger partial charge in [-0.15, -0.1) is 0 Å². The minimum absolute atomic E-state index is 0.847. The number of hydrogen-bond acceptors (Lipinski definition) is 2. The lowest BCUT2D eigenvalue weighted by Crippen LogP contribution is -2.22. The highest BCUT2D eigenvalue weighted by molar-refractivity contribution is 4.56. The van der Waals surface area contributed by atoms with Gasteiger partial charge in [-0.05, 0) is 44.8 Å². The third kappa shape index (κ3) is 16.0. The van der Waals surface area contributed by atoms with Gasteiger partial charge in [0.2, 0.25) is 0 Å². The minimum Gasteiger partial charge on any atom is -0.330 e. The van der Waals surface area contributed by atoms with E-state index in [4.69, 9.17) is 5.73 Å². The average molecular weight is 285 g/mol. The molecule has 2 heteroatoms. The molecule has 0 amide bonds. The van der Waals surface area contributed by atoms with E-state index in [1.165, 1.54) is 90.1 Å². The van der Waals surface area contributed by atoms with Gasteiger partial charge in [0.1, 0.15) is 0 Å². The summed E-state index contributed by atoms with van der Waals surface area (Å²) in [5.41, 5.74) is 5.49. The molecule has 0 saturated carbocycles. The molecule has 0 aliphatic rings. The Hall–Kier alpha value is -0.0800. The van der Waals surface area contributed by atoms with E-state index in [0.717, 1.165) is 12.5 Å². The molecule has 0 fully saturated rings. The van der Waals surface area contributed by atoms with E-state index in [9.17, 15) is 0 Å². The van der Waals surface area contributed by atoms with Crippen molar-refractivity contribution in [2.24, 2.45) is 11.7 Å². The molecule has 1 unspecified atom stereocenters. The molecule has 3 N–H and O–H groups in total. The van der Waals surface area contributed by atoms with E-state index >= 15 is 0 Å². The molecule has 0 aromatic carbocycles. The maximum atomic E-state index is 5.49. The van der Waals surface area contributed by atoms with E-state index in [2.05, 4.69) is 19.2 Å². The molecule has 0 aromatic rings. The van der Waals surface area contributed by atoms with Crippen LogP contribution in [0.4, 0.5) is 0 Å². The summed E-state index contributed by atoms with van der Waals surface area (Å²) in [5, 5.41) is 3.59. The maximum absolute atomic E-state index is 5.49. The van der Waals surface area contributed by atoms with Crippen molar-refractivity contribution in [2.45, 2.75) is 90.9 Å². The molecule has 0 aromatic heterocycles. The standard InChI is InChI=1S/C18H40N2/c1-3-14-18(2)17-20-16-13-11-9-7-5-4-6-8-10-12-15-19/h18,20H,3-17,19H2,1-2H3. The Balaban J connectivity index is 2.99. The molecule has 0 aliphatic heterocycles. The van der Waals surface area contributed by atoms with Gasteiger partial charge in [-0.1, -0.05) is 71.6 Å². The van der Waals surface area contributed by atoms with Gasteiger partial charge >= 0.3 is 0 Å². The molecule has 122 valence electrons. The zero-order valence-electron chi connectivity index (χ0n) is 14.3. The Bertz CT molecular complexity index is 171. The summed E-state index contributed by atoms with van der Waals surface area (Å²) in [6, 6.07) is 0. The van der Waals surface area contributed by atoms with Crippen molar-refractivity contribution in [3.8, 4) is 0 Å². The highest BCUT2D eigenvalue weighted by Crippen LogP contribution is 2.10. The summed E-state index contributed by atoms with van der Waals surface area (Å²) in [6.45, 7) is 7.91. The number of rotatable bonds is 16. The van der Waals surface area contributed by atoms with Crippen LogP contribution in [0.3, 0.4) is 0 Å². The molecule has 0 spiro atoms. The Kier molecular flexibility index (Phi) is 16.9. The van der Waals surface area contributed by atoms with E-state index in [-0.39, 0.29) is 0 Å². The van der Waals surface area contributed by atoms with E-state index in [0.29, 0.717) is 0 Å². The summed E-state index contributed by atoms with van der Waals surface area (Å²) < 4.78 is 0. The fourth-order valence-corrected chi connectivity index (χ4v) is 2.75. The van der Waals surface area contributed by atoms with Gasteiger partial charge < -0.3 is 11.1 Å². The second-order valence-electron chi connectivity index (χ2n) is 6.42. The molecular formula is C18H40N2. The summed E-state index contributed by atoms with van der Waals surface area (Å²) in [5.74, 6) is 0.847. The number of nitrogens with two attached hydrogens (primary N) is 1. The first-order valence-electron chi connectivity index (χ1n) is 9.22. The van der Waals surface area contributed by atoms with Crippen LogP contribution in [0.2, 0.25) is 0 Å². The second kappa shape index (κ2) is 17.0. The van der Waals surface area contributed by atoms with Crippen molar-refractivity contribution in [1.29, 1.82) is 0 Å². The predicted octanol–water partition coefficient (Wildman–Crippen LogP) is 4.87. The molecule has 0 radical (unpaired) electrons. The van der Waals surface area contributed by atoms with Crippen LogP contribution < -0.4 is 11.1 Å². The van der Waals surface area contributed by atoms with Crippen molar-refractivity contribution in [2.75, 3.05) is 19.6 Å². The van der Waals surface area contributed by atoms with E-state index < -0.39 is 0 Å². The molecule has 0 aliphatic carbocycles. The lowest BCUT2D eigenvalue weighted by Gasteiger charge is -2.11. The zero-order chi connectivity index (χ0) is 14.9. The van der Waals surface area contributed by atoms with Gasteiger partial charge in [-0.25, -0.2) is 0 Å². The van der Waals surface area contributed by atoms with Gasteiger partial charge in [0.15, 0.2) is 0 Å². The Labute approximate surface area is 128 Å². The predicted molar refractivity (Wildman–Crippen MR) is 92.2 cm³/mol. The largest absolute Gasteiger partial charge is 0.330 e. The van der Waals surface area contributed by atoms with Gasteiger partial charge in [0.05, 0.1) is 0 Å². The van der Waals surface area contributed by atoms with Crippen LogP contribution in [0.1, 0.15) is 90.9 Å². The molecule has 0 saturated heterocycles. The van der Waals surface area contributed by atoms with Gasteiger partial charge in [-0.2, -0.15) is 0 Å². The van der Waals surface area contributed by atoms with Gasteiger partial charge in [-0.3, -0.25) is 0 Å². The van der Waals surface area contributed by atoms with Crippen molar-refractivity contribution in [3.63, 3.8) is 0 Å². The van der Waals surface area contributed by atoms with Crippen LogP contribution in [0.5, 0.6) is 0 Å². The van der Waals surface area contributed by atoms with E-state index in [1.54, 1.807) is 0 Å². The topological polar surface area (TPSA) is 38.0 Å². The van der Waals surface area contributed by atoms with Crippen LogP contribution in [0, 0.1) is 5.92 Å². The van der Waals surface area contributed by atoms with Crippen molar-refractivity contribution in [1.82, 2.24) is 5.32 Å². The highest BCUT2D eigenvalue weighted by atomic mass is 14.8. The van der Waals surface area contributed by atoms with Crippen molar-refractivity contribution >= 4 is 0 Å². The Morgan fingerprint density at radius 2 is 1.30 bits per heavy atom. The van der Waals surface area contributed by atoms with Gasteiger partial charge in [0.25, 0.3) is 0 Å². The molecule has 20 heavy (non-hydrogen) atoms. The van der Waals surface area contributed by atoms with Crippen LogP contribution in [-0.4, -0.2) is 19.6 Å². The lowest BCUT2D eigenvalue weighted by molar-refractivity contribution is 0.465. The quantitative estimate of drug-likeness (QED) is 0.397. The smallest absolute Gasteiger partial charge is 0.00232 e. The zero-order valence-corrected chi connectivity index (χ0v) is 14.3. The van der Waals surface area contributed by atoms with Crippen LogP contribution in [0.15, 0.2) is 0 Å². The number of unbranched alkanes of at least 4 members (excludes halogenated alkanes) is 9. The third-order valence-electron chi connectivity index (χ3n) is 4.08. The fraction of sp³-hybridized carbons (Fsp3) is 1.00. The lowest BCUT2D eigenvalue weighted by atomic mass is 10.1. The van der Waals surface area contributed by atoms with Gasteiger partial charge in [0, 0.05) is 0 Å². The minimum atomic E-state index is 0.847. The van der Waals surface area contributed by atoms with E-state index in [1.807, 2.05) is 0 Å². The van der Waals surface area contributed by atoms with Crippen molar-refractivity contribution < 1.29 is 0 Å². The summed E-state index contributed by atoms with van der Waals surface area (Å²) in [6.07, 6.45) is 16.5.